The van der Waals surface area contributed by atoms with Crippen LogP contribution in [0.2, 0.25) is 0 Å². The molecule has 0 saturated carbocycles. The molecule has 1 aromatic rings. The van der Waals surface area contributed by atoms with Crippen molar-refractivity contribution in [3.8, 4) is 0 Å². The number of hydrogen-bond donors (Lipinski definition) is 2. The number of carbonyl (C=O) groups excluding carboxylic acids is 2. The Morgan fingerprint density at radius 2 is 2.12 bits per heavy atom. The Bertz CT molecular complexity index is 1060. The summed E-state index contributed by atoms with van der Waals surface area (Å²) in [5, 5.41) is 2.25. The molecule has 16 heteroatoms. The van der Waals surface area contributed by atoms with Gasteiger partial charge in [0.2, 0.25) is 6.79 Å². The highest BCUT2D eigenvalue weighted by Crippen LogP contribution is 2.48. The zero-order valence-electron chi connectivity index (χ0n) is 17.8. The van der Waals surface area contributed by atoms with Gasteiger partial charge < -0.3 is 18.9 Å². The van der Waals surface area contributed by atoms with Crippen molar-refractivity contribution >= 4 is 19.9 Å². The van der Waals surface area contributed by atoms with Gasteiger partial charge in [0, 0.05) is 12.3 Å². The summed E-state index contributed by atoms with van der Waals surface area (Å²) < 4.78 is 59.7. The predicted octanol–water partition coefficient (Wildman–Crippen LogP) is 0.338. The van der Waals surface area contributed by atoms with E-state index in [2.05, 4.69) is 9.82 Å². The summed E-state index contributed by atoms with van der Waals surface area (Å²) in [7, 11) is -4.26. The molecular formula is C17H23FN3O11P. The second-order valence-corrected chi connectivity index (χ2v) is 9.37. The number of nitrogens with one attached hydrogen (secondary N) is 2. The van der Waals surface area contributed by atoms with Gasteiger partial charge in [0.1, 0.15) is 12.6 Å². The maximum Gasteiger partial charge on any atom is 0.510 e. The number of esters is 1. The van der Waals surface area contributed by atoms with E-state index in [0.29, 0.717) is 0 Å². The van der Waals surface area contributed by atoms with E-state index < -0.39 is 81.3 Å². The second-order valence-electron chi connectivity index (χ2n) is 7.54. The summed E-state index contributed by atoms with van der Waals surface area (Å²) in [6.45, 7) is 2.15. The Balaban J connectivity index is 1.82. The normalized spacial score (nSPS) is 32.5. The number of rotatable bonds is 5. The molecule has 0 aromatic carbocycles. The third-order valence-electron chi connectivity index (χ3n) is 4.60. The lowest BCUT2D eigenvalue weighted by atomic mass is 9.98. The topological polar surface area (TPSA) is 173 Å². The van der Waals surface area contributed by atoms with Gasteiger partial charge in [-0.05, 0) is 20.8 Å². The van der Waals surface area contributed by atoms with E-state index in [9.17, 15) is 23.7 Å². The van der Waals surface area contributed by atoms with Crippen LogP contribution in [-0.4, -0.2) is 65.6 Å². The number of hydrogen-bond acceptors (Lipinski definition) is 11. The summed E-state index contributed by atoms with van der Waals surface area (Å²) in [4.78, 5) is 49.2. The fourth-order valence-corrected chi connectivity index (χ4v) is 4.30. The first-order valence-corrected chi connectivity index (χ1v) is 11.3. The number of aromatic amines is 1. The zero-order valence-corrected chi connectivity index (χ0v) is 18.7. The van der Waals surface area contributed by atoms with E-state index in [1.807, 2.05) is 4.98 Å². The summed E-state index contributed by atoms with van der Waals surface area (Å²) in [6.07, 6.45) is -5.46. The fraction of sp³-hybridized carbons (Fsp3) is 0.647. The Hall–Kier alpha value is -2.58. The van der Waals surface area contributed by atoms with Gasteiger partial charge in [-0.2, -0.15) is 0 Å². The van der Waals surface area contributed by atoms with Crippen LogP contribution in [0.1, 0.15) is 27.0 Å². The van der Waals surface area contributed by atoms with Crippen LogP contribution in [0.4, 0.5) is 9.18 Å². The monoisotopic (exact) mass is 495 g/mol. The van der Waals surface area contributed by atoms with Crippen molar-refractivity contribution in [1.82, 2.24) is 14.6 Å². The van der Waals surface area contributed by atoms with Crippen LogP contribution in [0.3, 0.4) is 0 Å². The lowest BCUT2D eigenvalue weighted by Gasteiger charge is -2.28. The molecule has 2 fully saturated rings. The van der Waals surface area contributed by atoms with Gasteiger partial charge in [-0.15, -0.1) is 0 Å². The molecule has 2 unspecified atom stereocenters. The van der Waals surface area contributed by atoms with Gasteiger partial charge in [0.05, 0.1) is 12.7 Å². The molecule has 2 saturated heterocycles. The molecular weight excluding hydrogens is 472 g/mol. The molecule has 0 amide bonds. The van der Waals surface area contributed by atoms with Crippen LogP contribution in [0.25, 0.3) is 0 Å². The predicted molar refractivity (Wildman–Crippen MR) is 105 cm³/mol. The Morgan fingerprint density at radius 1 is 1.39 bits per heavy atom. The summed E-state index contributed by atoms with van der Waals surface area (Å²) in [5.41, 5.74) is -4.19. The first kappa shape index (κ1) is 25.1. The lowest BCUT2D eigenvalue weighted by molar-refractivity contribution is -0.146. The van der Waals surface area contributed by atoms with Gasteiger partial charge >= 0.3 is 25.6 Å². The number of fused-ring (bicyclic) bond motifs is 1. The molecule has 0 bridgehead atoms. The number of aromatic nitrogens is 2. The molecule has 0 aliphatic carbocycles. The number of cyclic esters (lactones) is 1. The van der Waals surface area contributed by atoms with E-state index in [0.717, 1.165) is 23.8 Å². The number of alkyl halides is 1. The first-order chi connectivity index (χ1) is 15.4. The molecule has 1 aromatic heterocycles. The van der Waals surface area contributed by atoms with Crippen molar-refractivity contribution in [3.05, 3.63) is 33.1 Å². The quantitative estimate of drug-likeness (QED) is 0.424. The molecule has 14 nitrogen and oxygen atoms in total. The van der Waals surface area contributed by atoms with Crippen molar-refractivity contribution < 1.29 is 46.5 Å². The van der Waals surface area contributed by atoms with Crippen molar-refractivity contribution in [2.24, 2.45) is 0 Å². The highest BCUT2D eigenvalue weighted by molar-refractivity contribution is 7.51. The number of nitrogens with zero attached hydrogens (tertiary/aromatic N) is 1. The van der Waals surface area contributed by atoms with Gasteiger partial charge in [0.15, 0.2) is 18.0 Å². The molecule has 3 heterocycles. The van der Waals surface area contributed by atoms with Crippen LogP contribution in [-0.2, 0) is 37.4 Å². The zero-order chi connectivity index (χ0) is 24.4. The molecule has 2 aliphatic rings. The van der Waals surface area contributed by atoms with E-state index >= 15 is 4.39 Å². The van der Waals surface area contributed by atoms with Gasteiger partial charge in [-0.3, -0.25) is 28.2 Å². The maximum absolute atomic E-state index is 15.7. The largest absolute Gasteiger partial charge is 0.510 e. The standard InChI is InChI=1S/C17H23FN3O11P/c1-9(2)30-12(23)6-19-33(26)28-7-10-13(32-16(25)27-8-29-33)17(3,18)14(31-10)21-5-4-11(22)20-15(21)24/h4-5,9-10,13-14H,6-8H2,1-3H3,(H,19,26)(H,20,22,24)/t10-,13?,14-,17+,33?/m1/s1. The molecule has 2 N–H and O–H groups in total. The first-order valence-electron chi connectivity index (χ1n) is 9.74. The molecule has 2 aliphatic heterocycles. The minimum atomic E-state index is -4.26. The molecule has 33 heavy (non-hydrogen) atoms. The maximum atomic E-state index is 15.7. The van der Waals surface area contributed by atoms with Gasteiger partial charge in [-0.1, -0.05) is 0 Å². The SMILES string of the molecule is CC(C)OC(=O)CNP1(=O)OCOC(=O)OC2[C@@H](CO1)O[C@@H](n1ccc(=O)[nH]c1=O)[C@@]2(C)F. The van der Waals surface area contributed by atoms with Crippen LogP contribution < -0.4 is 16.3 Å². The summed E-state index contributed by atoms with van der Waals surface area (Å²) in [5.74, 6) is -0.756. The highest BCUT2D eigenvalue weighted by atomic mass is 31.2. The van der Waals surface area contributed by atoms with Gasteiger partial charge in [0.25, 0.3) is 5.56 Å². The Kier molecular flexibility index (Phi) is 7.39. The fourth-order valence-electron chi connectivity index (χ4n) is 3.19. The van der Waals surface area contributed by atoms with Gasteiger partial charge in [-0.25, -0.2) is 23.6 Å². The second kappa shape index (κ2) is 9.73. The van der Waals surface area contributed by atoms with Crippen LogP contribution in [0, 0.1) is 0 Å². The third kappa shape index (κ3) is 5.86. The van der Waals surface area contributed by atoms with E-state index in [4.69, 9.17) is 23.3 Å². The van der Waals surface area contributed by atoms with E-state index in [1.165, 1.54) is 0 Å². The van der Waals surface area contributed by atoms with Crippen LogP contribution >= 0.6 is 7.75 Å². The van der Waals surface area contributed by atoms with Crippen molar-refractivity contribution in [2.45, 2.75) is 51.0 Å². The Labute approximate surface area is 185 Å². The van der Waals surface area contributed by atoms with E-state index in [-0.39, 0.29) is 0 Å². The molecule has 184 valence electrons. The molecule has 0 radical (unpaired) electrons. The number of carbonyl (C=O) groups is 2. The minimum absolute atomic E-state index is 0.424. The minimum Gasteiger partial charge on any atom is -0.462 e. The van der Waals surface area contributed by atoms with E-state index in [1.54, 1.807) is 13.8 Å². The lowest BCUT2D eigenvalue weighted by Crippen LogP contribution is -2.46. The number of halogens is 1. The average Bonchev–Trinajstić information content (AvgIpc) is 2.95. The Morgan fingerprint density at radius 3 is 2.79 bits per heavy atom. The van der Waals surface area contributed by atoms with Crippen molar-refractivity contribution in [1.29, 1.82) is 0 Å². The van der Waals surface area contributed by atoms with Crippen LogP contribution in [0.5, 0.6) is 0 Å². The average molecular weight is 495 g/mol. The molecule has 3 rings (SSSR count). The molecule has 5 atom stereocenters. The number of H-pyrrole nitrogens is 1. The van der Waals surface area contributed by atoms with Crippen molar-refractivity contribution in [3.63, 3.8) is 0 Å². The summed E-state index contributed by atoms with van der Waals surface area (Å²) >= 11 is 0. The third-order valence-corrected chi connectivity index (χ3v) is 6.08. The smallest absolute Gasteiger partial charge is 0.462 e. The number of ether oxygens (including phenoxy) is 4. The van der Waals surface area contributed by atoms with Crippen molar-refractivity contribution in [2.75, 3.05) is 19.9 Å². The van der Waals surface area contributed by atoms with Crippen LogP contribution in [0.15, 0.2) is 21.9 Å². The summed E-state index contributed by atoms with van der Waals surface area (Å²) in [6, 6.07) is 0.977. The highest BCUT2D eigenvalue weighted by Gasteiger charge is 2.59. The molecule has 0 spiro atoms.